The summed E-state index contributed by atoms with van der Waals surface area (Å²) in [5.41, 5.74) is 1.54. The minimum Gasteiger partial charge on any atom is -0.412 e. The summed E-state index contributed by atoms with van der Waals surface area (Å²) in [5, 5.41) is 4.85. The first-order valence-corrected chi connectivity index (χ1v) is 12.4. The van der Waals surface area contributed by atoms with Gasteiger partial charge in [0.05, 0.1) is 5.92 Å². The molecule has 0 saturated carbocycles. The highest BCUT2D eigenvalue weighted by Gasteiger charge is 2.37. The molecular formula is C27H44Cl2N2O3. The first-order valence-electron chi connectivity index (χ1n) is 11.6. The van der Waals surface area contributed by atoms with E-state index in [9.17, 15) is 4.79 Å². The molecule has 1 heterocycles. The zero-order chi connectivity index (χ0) is 22.4. The Hall–Kier alpha value is -1.37. The second-order valence-corrected chi connectivity index (χ2v) is 10.6. The number of hydrogen-bond donors (Lipinski definition) is 1. The third-order valence-electron chi connectivity index (χ3n) is 6.70. The van der Waals surface area contributed by atoms with Gasteiger partial charge in [-0.15, -0.1) is 0 Å². The molecule has 2 unspecified atom stereocenters. The van der Waals surface area contributed by atoms with Crippen LogP contribution >= 0.6 is 23.2 Å². The van der Waals surface area contributed by atoms with Gasteiger partial charge in [-0.05, 0) is 60.9 Å². The van der Waals surface area contributed by atoms with E-state index in [4.69, 9.17) is 23.2 Å². The van der Waals surface area contributed by atoms with Crippen LogP contribution in [0.3, 0.4) is 0 Å². The van der Waals surface area contributed by atoms with Gasteiger partial charge < -0.3 is 21.2 Å². The maximum atomic E-state index is 12.8. The molecule has 1 aliphatic carbocycles. The molecular weight excluding hydrogens is 471 g/mol. The number of carbonyl (C=O) groups is 1. The lowest BCUT2D eigenvalue weighted by molar-refractivity contribution is -0.124. The second kappa shape index (κ2) is 14.9. The minimum absolute atomic E-state index is 0. The van der Waals surface area contributed by atoms with E-state index in [1.165, 1.54) is 5.56 Å². The molecule has 5 N–H and O–H groups in total. The number of unbranched alkanes of at least 4 members (excludes halogenated alkanes) is 1. The Labute approximate surface area is 216 Å². The SMILES string of the molecule is C.CCCC[C@H](CN1CCC(c2ccc(Cl)cc2)C(C)(C)C1)NC(=O)C1C=CC(Cl)=CC1.O.O. The second-order valence-electron chi connectivity index (χ2n) is 9.75. The van der Waals surface area contributed by atoms with E-state index in [1.807, 2.05) is 30.4 Å². The molecule has 0 bridgehead atoms. The molecule has 3 atom stereocenters. The fourth-order valence-corrected chi connectivity index (χ4v) is 5.29. The molecule has 0 radical (unpaired) electrons. The largest absolute Gasteiger partial charge is 0.412 e. The lowest BCUT2D eigenvalue weighted by atomic mass is 9.70. The third kappa shape index (κ3) is 9.01. The van der Waals surface area contributed by atoms with Gasteiger partial charge in [-0.1, -0.05) is 88.5 Å². The minimum atomic E-state index is -0.112. The summed E-state index contributed by atoms with van der Waals surface area (Å²) < 4.78 is 0. The van der Waals surface area contributed by atoms with Gasteiger partial charge in [0.25, 0.3) is 0 Å². The van der Waals surface area contributed by atoms with Gasteiger partial charge in [0, 0.05) is 29.2 Å². The van der Waals surface area contributed by atoms with Crippen LogP contribution < -0.4 is 5.32 Å². The lowest BCUT2D eigenvalue weighted by Crippen LogP contribution is -2.51. The quantitative estimate of drug-likeness (QED) is 0.494. The molecule has 3 rings (SSSR count). The molecule has 0 spiro atoms. The fraction of sp³-hybridized carbons (Fsp3) is 0.593. The summed E-state index contributed by atoms with van der Waals surface area (Å²) >= 11 is 12.1. The number of amides is 1. The van der Waals surface area contributed by atoms with E-state index in [0.717, 1.165) is 55.4 Å². The summed E-state index contributed by atoms with van der Waals surface area (Å²) in [6.07, 6.45) is 10.8. The predicted molar refractivity (Wildman–Crippen MR) is 146 cm³/mol. The van der Waals surface area contributed by atoms with Crippen molar-refractivity contribution in [2.75, 3.05) is 19.6 Å². The number of piperidine rings is 1. The van der Waals surface area contributed by atoms with Crippen LogP contribution in [0.5, 0.6) is 0 Å². The molecule has 1 amide bonds. The molecule has 7 heteroatoms. The molecule has 1 aromatic rings. The first kappa shape index (κ1) is 32.6. The van der Waals surface area contributed by atoms with Crippen LogP contribution in [0.15, 0.2) is 47.5 Å². The van der Waals surface area contributed by atoms with Gasteiger partial charge in [-0.25, -0.2) is 0 Å². The Bertz CT molecular complexity index is 809. The summed E-state index contributed by atoms with van der Waals surface area (Å²) in [6, 6.07) is 8.53. The Morgan fingerprint density at radius 3 is 2.44 bits per heavy atom. The van der Waals surface area contributed by atoms with Crippen molar-refractivity contribution in [2.45, 2.75) is 72.3 Å². The number of halogens is 2. The first-order chi connectivity index (χ1) is 14.8. The number of nitrogens with one attached hydrogen (secondary N) is 1. The van der Waals surface area contributed by atoms with Crippen LogP contribution in [0, 0.1) is 11.3 Å². The Morgan fingerprint density at radius 2 is 1.88 bits per heavy atom. The summed E-state index contributed by atoms with van der Waals surface area (Å²) in [5.74, 6) is 0.528. The monoisotopic (exact) mass is 514 g/mol. The molecule has 1 fully saturated rings. The van der Waals surface area contributed by atoms with Crippen LogP contribution in [0.2, 0.25) is 5.02 Å². The van der Waals surface area contributed by atoms with Crippen molar-refractivity contribution in [3.63, 3.8) is 0 Å². The van der Waals surface area contributed by atoms with Gasteiger partial charge in [-0.2, -0.15) is 0 Å². The number of nitrogens with zero attached hydrogens (tertiary/aromatic N) is 1. The van der Waals surface area contributed by atoms with Gasteiger partial charge in [0.2, 0.25) is 5.91 Å². The van der Waals surface area contributed by atoms with E-state index in [1.54, 1.807) is 0 Å². The van der Waals surface area contributed by atoms with Crippen LogP contribution in [-0.4, -0.2) is 47.4 Å². The molecule has 5 nitrogen and oxygen atoms in total. The van der Waals surface area contributed by atoms with Crippen molar-refractivity contribution < 1.29 is 15.7 Å². The molecule has 194 valence electrons. The van der Waals surface area contributed by atoms with Crippen LogP contribution in [0.25, 0.3) is 0 Å². The van der Waals surface area contributed by atoms with E-state index >= 15 is 0 Å². The zero-order valence-corrected chi connectivity index (χ0v) is 21.6. The third-order valence-corrected chi connectivity index (χ3v) is 7.24. The van der Waals surface area contributed by atoms with Crippen molar-refractivity contribution in [3.8, 4) is 0 Å². The molecule has 1 saturated heterocycles. The van der Waals surface area contributed by atoms with Crippen molar-refractivity contribution >= 4 is 29.1 Å². The molecule has 1 aliphatic heterocycles. The molecule has 34 heavy (non-hydrogen) atoms. The maximum Gasteiger partial charge on any atom is 0.227 e. The number of likely N-dealkylation sites (tertiary alicyclic amines) is 1. The van der Waals surface area contributed by atoms with Gasteiger partial charge in [0.15, 0.2) is 0 Å². The van der Waals surface area contributed by atoms with Crippen molar-refractivity contribution in [1.29, 1.82) is 0 Å². The molecule has 0 aromatic heterocycles. The Kier molecular flexibility index (Phi) is 14.3. The predicted octanol–water partition coefficient (Wildman–Crippen LogP) is 5.52. The van der Waals surface area contributed by atoms with Crippen LogP contribution in [-0.2, 0) is 4.79 Å². The van der Waals surface area contributed by atoms with E-state index in [2.05, 4.69) is 43.1 Å². The highest BCUT2D eigenvalue weighted by atomic mass is 35.5. The van der Waals surface area contributed by atoms with Gasteiger partial charge >= 0.3 is 0 Å². The Balaban J connectivity index is 0.00000363. The van der Waals surface area contributed by atoms with Crippen LogP contribution in [0.1, 0.15) is 71.8 Å². The highest BCUT2D eigenvalue weighted by Crippen LogP contribution is 2.42. The zero-order valence-electron chi connectivity index (χ0n) is 20.0. The normalized spacial score (nSPS) is 22.3. The lowest BCUT2D eigenvalue weighted by Gasteiger charge is -2.45. The average Bonchev–Trinajstić information content (AvgIpc) is 2.73. The van der Waals surface area contributed by atoms with Gasteiger partial charge in [-0.3, -0.25) is 4.79 Å². The topological polar surface area (TPSA) is 95.3 Å². The van der Waals surface area contributed by atoms with E-state index in [0.29, 0.717) is 12.3 Å². The number of benzene rings is 1. The summed E-state index contributed by atoms with van der Waals surface area (Å²) in [6.45, 7) is 9.92. The molecule has 1 aromatic carbocycles. The highest BCUT2D eigenvalue weighted by molar-refractivity contribution is 6.31. The Morgan fingerprint density at radius 1 is 1.21 bits per heavy atom. The van der Waals surface area contributed by atoms with Crippen LogP contribution in [0.4, 0.5) is 0 Å². The number of hydrogen-bond acceptors (Lipinski definition) is 2. The van der Waals surface area contributed by atoms with Gasteiger partial charge in [0.1, 0.15) is 0 Å². The number of allylic oxidation sites excluding steroid dienone is 3. The van der Waals surface area contributed by atoms with Crippen molar-refractivity contribution in [1.82, 2.24) is 10.2 Å². The van der Waals surface area contributed by atoms with E-state index in [-0.39, 0.29) is 41.7 Å². The fourth-order valence-electron chi connectivity index (χ4n) is 5.00. The van der Waals surface area contributed by atoms with Crippen molar-refractivity contribution in [2.24, 2.45) is 11.3 Å². The maximum absolute atomic E-state index is 12.8. The number of carbonyl (C=O) groups excluding carboxylic acids is 1. The number of rotatable bonds is 8. The summed E-state index contributed by atoms with van der Waals surface area (Å²) in [7, 11) is 0. The van der Waals surface area contributed by atoms with E-state index < -0.39 is 0 Å². The van der Waals surface area contributed by atoms with Crippen molar-refractivity contribution in [3.05, 3.63) is 58.1 Å². The molecule has 2 aliphatic rings. The average molecular weight is 516 g/mol. The standard InChI is InChI=1S/C26H36Cl2N2O.CH4.2H2O/c1-4-5-6-23(29-25(31)20-9-13-22(28)14-10-20)17-30-16-15-24(26(2,3)18-30)19-7-11-21(27)12-8-19;;;/h7-9,11-14,20,23-24H,4-6,10,15-18H2,1-3H3,(H,29,31);1H4;2*1H2/t20?,23-,24?;;;/m1.../s1. The summed E-state index contributed by atoms with van der Waals surface area (Å²) in [4.78, 5) is 15.4. The smallest absolute Gasteiger partial charge is 0.227 e.